The molecule has 0 spiro atoms. The summed E-state index contributed by atoms with van der Waals surface area (Å²) >= 11 is 6.70. The minimum Gasteiger partial charge on any atom is -0.169 e. The van der Waals surface area contributed by atoms with Crippen molar-refractivity contribution in [1.82, 2.24) is 0 Å². The quantitative estimate of drug-likeness (QED) is 0.514. The number of rotatable bonds is 0. The van der Waals surface area contributed by atoms with Gasteiger partial charge in [-0.25, -0.2) is 0 Å². The van der Waals surface area contributed by atoms with Gasteiger partial charge in [-0.05, 0) is 10.7 Å². The Balaban J connectivity index is 2.69. The van der Waals surface area contributed by atoms with Crippen molar-refractivity contribution in [3.63, 3.8) is 0 Å². The van der Waals surface area contributed by atoms with Crippen molar-refractivity contribution in [2.75, 3.05) is 0 Å². The zero-order valence-corrected chi connectivity index (χ0v) is 6.24. The molecule has 0 amide bonds. The van der Waals surface area contributed by atoms with Gasteiger partial charge >= 0.3 is 0 Å². The van der Waals surface area contributed by atoms with Gasteiger partial charge in [0.15, 0.2) is 0 Å². The molecular formula is C2HCl2NS2. The molecule has 5 heteroatoms. The van der Waals surface area contributed by atoms with Crippen LogP contribution in [0.1, 0.15) is 0 Å². The standard InChI is InChI=1S/C2HCl2NS2/c3-2-1-7(4)5-6-2/h1H. The molecule has 7 heavy (non-hydrogen) atoms. The average molecular weight is 174 g/mol. The van der Waals surface area contributed by atoms with Crippen molar-refractivity contribution < 1.29 is 0 Å². The van der Waals surface area contributed by atoms with Gasteiger partial charge in [0.25, 0.3) is 0 Å². The summed E-state index contributed by atoms with van der Waals surface area (Å²) in [5.41, 5.74) is 0. The summed E-state index contributed by atoms with van der Waals surface area (Å²) in [5.74, 6) is 0. The number of nitrogens with zero attached hydrogens (tertiary/aromatic N) is 1. The molecule has 40 valence electrons. The van der Waals surface area contributed by atoms with Crippen LogP contribution in [0.4, 0.5) is 0 Å². The fourth-order valence-corrected chi connectivity index (χ4v) is 2.85. The van der Waals surface area contributed by atoms with Gasteiger partial charge < -0.3 is 0 Å². The molecule has 1 nitrogen and oxygen atoms in total. The van der Waals surface area contributed by atoms with E-state index in [0.717, 1.165) is 0 Å². The molecule has 0 aromatic carbocycles. The van der Waals surface area contributed by atoms with Gasteiger partial charge in [-0.15, -0.1) is 0 Å². The summed E-state index contributed by atoms with van der Waals surface area (Å²) in [4.78, 5) is 0. The van der Waals surface area contributed by atoms with Crippen LogP contribution in [-0.2, 0) is 9.90 Å². The summed E-state index contributed by atoms with van der Waals surface area (Å²) in [6.07, 6.45) is 0. The summed E-state index contributed by atoms with van der Waals surface area (Å²) in [7, 11) is 5.05. The summed E-state index contributed by atoms with van der Waals surface area (Å²) in [6.45, 7) is 0. The van der Waals surface area contributed by atoms with E-state index in [9.17, 15) is 0 Å². The van der Waals surface area contributed by atoms with Crippen LogP contribution in [0.3, 0.4) is 0 Å². The lowest BCUT2D eigenvalue weighted by atomic mass is 11.2. The van der Waals surface area contributed by atoms with E-state index in [1.807, 2.05) is 0 Å². The second-order valence-corrected chi connectivity index (χ2v) is 4.41. The van der Waals surface area contributed by atoms with Gasteiger partial charge in [0.05, 0.1) is 0 Å². The first-order valence-electron chi connectivity index (χ1n) is 1.44. The minimum absolute atomic E-state index is 0.437. The Morgan fingerprint density at radius 3 is 2.71 bits per heavy atom. The fraction of sp³-hybridized carbons (Fsp3) is 0. The lowest BCUT2D eigenvalue weighted by Gasteiger charge is -1.71. The van der Waals surface area contributed by atoms with Crippen molar-refractivity contribution in [2.45, 2.75) is 0 Å². The highest BCUT2D eigenvalue weighted by molar-refractivity contribution is 8.22. The average Bonchev–Trinajstić information content (AvgIpc) is 1.87. The van der Waals surface area contributed by atoms with E-state index >= 15 is 0 Å². The first-order valence-corrected chi connectivity index (χ1v) is 4.66. The third-order valence-corrected chi connectivity index (χ3v) is 3.34. The first-order chi connectivity index (χ1) is 3.29. The smallest absolute Gasteiger partial charge is 0.105 e. The molecule has 0 saturated carbocycles. The highest BCUT2D eigenvalue weighted by Gasteiger charge is 2.00. The topological polar surface area (TPSA) is 12.4 Å². The van der Waals surface area contributed by atoms with E-state index in [2.05, 4.69) is 3.77 Å². The normalized spacial score (nSPS) is 29.4. The van der Waals surface area contributed by atoms with Crippen molar-refractivity contribution >= 4 is 44.1 Å². The van der Waals surface area contributed by atoms with Crippen molar-refractivity contribution in [3.05, 3.63) is 9.77 Å². The Kier molecular flexibility index (Phi) is 2.04. The van der Waals surface area contributed by atoms with E-state index in [1.165, 1.54) is 11.9 Å². The van der Waals surface area contributed by atoms with Crippen LogP contribution in [0.15, 0.2) is 13.5 Å². The lowest BCUT2D eigenvalue weighted by molar-refractivity contribution is 2.11. The zero-order valence-electron chi connectivity index (χ0n) is 3.10. The van der Waals surface area contributed by atoms with E-state index in [4.69, 9.17) is 22.3 Å². The maximum atomic E-state index is 5.49. The van der Waals surface area contributed by atoms with Crippen molar-refractivity contribution in [1.29, 1.82) is 0 Å². The second kappa shape index (κ2) is 2.40. The van der Waals surface area contributed by atoms with Gasteiger partial charge in [0.1, 0.15) is 4.36 Å². The van der Waals surface area contributed by atoms with Crippen molar-refractivity contribution in [3.8, 4) is 0 Å². The van der Waals surface area contributed by atoms with E-state index in [-0.39, 0.29) is 0 Å². The Bertz CT molecular complexity index is 141. The molecule has 1 atom stereocenters. The Morgan fingerprint density at radius 1 is 1.86 bits per heavy atom. The van der Waals surface area contributed by atoms with Crippen LogP contribution in [0.5, 0.6) is 0 Å². The largest absolute Gasteiger partial charge is 0.169 e. The lowest BCUT2D eigenvalue weighted by Crippen LogP contribution is -1.53. The maximum Gasteiger partial charge on any atom is 0.105 e. The van der Waals surface area contributed by atoms with Crippen LogP contribution in [-0.4, -0.2) is 0 Å². The molecule has 0 aromatic heterocycles. The molecule has 0 fully saturated rings. The van der Waals surface area contributed by atoms with Crippen LogP contribution in [0.25, 0.3) is 0 Å². The van der Waals surface area contributed by atoms with E-state index < -0.39 is 9.90 Å². The fourth-order valence-electron chi connectivity index (χ4n) is 0.191. The summed E-state index contributed by atoms with van der Waals surface area (Å²) in [6, 6.07) is 0. The van der Waals surface area contributed by atoms with Gasteiger partial charge in [-0.3, -0.25) is 0 Å². The monoisotopic (exact) mass is 173 g/mol. The predicted molar refractivity (Wildman–Crippen MR) is 37.2 cm³/mol. The van der Waals surface area contributed by atoms with Crippen LogP contribution >= 0.6 is 34.2 Å². The third kappa shape index (κ3) is 1.64. The highest BCUT2D eigenvalue weighted by Crippen LogP contribution is 2.30. The van der Waals surface area contributed by atoms with Crippen LogP contribution in [0, 0.1) is 0 Å². The predicted octanol–water partition coefficient (Wildman–Crippen LogP) is 2.64. The van der Waals surface area contributed by atoms with Gasteiger partial charge in [0.2, 0.25) is 0 Å². The number of hydrogen-bond acceptors (Lipinski definition) is 2. The van der Waals surface area contributed by atoms with Crippen LogP contribution < -0.4 is 0 Å². The molecular weight excluding hydrogens is 173 g/mol. The molecule has 0 aliphatic carbocycles. The van der Waals surface area contributed by atoms with Gasteiger partial charge in [-0.1, -0.05) is 11.6 Å². The van der Waals surface area contributed by atoms with E-state index in [0.29, 0.717) is 4.36 Å². The molecule has 0 N–H and O–H groups in total. The third-order valence-electron chi connectivity index (χ3n) is 0.386. The second-order valence-electron chi connectivity index (χ2n) is 0.851. The maximum absolute atomic E-state index is 5.49. The van der Waals surface area contributed by atoms with Crippen LogP contribution in [0.2, 0.25) is 0 Å². The molecule has 0 saturated heterocycles. The number of hydrogen-bond donors (Lipinski definition) is 0. The Hall–Kier alpha value is 0.820. The minimum atomic E-state index is -0.437. The number of halogens is 2. The van der Waals surface area contributed by atoms with Crippen molar-refractivity contribution in [2.24, 2.45) is 3.77 Å². The molecule has 0 aromatic rings. The molecule has 1 rings (SSSR count). The molecule has 0 radical (unpaired) electrons. The summed E-state index contributed by atoms with van der Waals surface area (Å²) < 4.78 is 4.48. The zero-order chi connectivity index (χ0) is 5.28. The summed E-state index contributed by atoms with van der Waals surface area (Å²) in [5, 5.41) is 1.72. The van der Waals surface area contributed by atoms with Gasteiger partial charge in [0, 0.05) is 27.3 Å². The van der Waals surface area contributed by atoms with Gasteiger partial charge in [-0.2, -0.15) is 3.77 Å². The SMILES string of the molecule is ClC1=CS(Cl)=NS1. The molecule has 1 aliphatic heterocycles. The Morgan fingerprint density at radius 2 is 2.57 bits per heavy atom. The Labute approximate surface area is 57.8 Å². The van der Waals surface area contributed by atoms with E-state index in [1.54, 1.807) is 5.41 Å². The molecule has 1 unspecified atom stereocenters. The first kappa shape index (κ1) is 5.95. The molecule has 0 bridgehead atoms. The molecule has 1 aliphatic rings. The highest BCUT2D eigenvalue weighted by atomic mass is 35.7. The molecule has 1 heterocycles.